The number of rotatable bonds is 3. The van der Waals surface area contributed by atoms with Gasteiger partial charge in [-0.1, -0.05) is 6.92 Å². The fraction of sp³-hybridized carbons (Fsp3) is 0.444. The zero-order valence-corrected chi connectivity index (χ0v) is 8.57. The first kappa shape index (κ1) is 9.45. The molecule has 14 heavy (non-hydrogen) atoms. The lowest BCUT2D eigenvalue weighted by Gasteiger charge is -2.04. The van der Waals surface area contributed by atoms with Gasteiger partial charge in [0, 0.05) is 6.20 Å². The summed E-state index contributed by atoms with van der Waals surface area (Å²) >= 11 is 0. The van der Waals surface area contributed by atoms with Gasteiger partial charge in [0.2, 0.25) is 0 Å². The van der Waals surface area contributed by atoms with E-state index in [-0.39, 0.29) is 16.9 Å². The van der Waals surface area contributed by atoms with Crippen LogP contribution in [-0.4, -0.2) is 18.7 Å². The van der Waals surface area contributed by atoms with Crippen molar-refractivity contribution in [2.45, 2.75) is 18.6 Å². The second kappa shape index (κ2) is 3.24. The molecule has 2 rings (SSSR count). The van der Waals surface area contributed by atoms with E-state index in [2.05, 4.69) is 4.98 Å². The Labute approximate surface area is 83.1 Å². The summed E-state index contributed by atoms with van der Waals surface area (Å²) in [6.07, 6.45) is 3.66. The first-order valence-corrected chi connectivity index (χ1v) is 5.90. The number of hydrogen-bond acceptors (Lipinski definition) is 4. The lowest BCUT2D eigenvalue weighted by atomic mass is 10.5. The highest BCUT2D eigenvalue weighted by atomic mass is 32.2. The Morgan fingerprint density at radius 2 is 2.29 bits per heavy atom. The number of aromatic nitrogens is 1. The highest BCUT2D eigenvalue weighted by molar-refractivity contribution is 7.88. The van der Waals surface area contributed by atoms with E-state index < -0.39 is 10.1 Å². The van der Waals surface area contributed by atoms with Gasteiger partial charge < -0.3 is 4.18 Å². The van der Waals surface area contributed by atoms with Crippen LogP contribution >= 0.6 is 0 Å². The molecule has 2 atom stereocenters. The molecule has 1 saturated carbocycles. The zero-order valence-electron chi connectivity index (χ0n) is 7.75. The summed E-state index contributed by atoms with van der Waals surface area (Å²) in [5, 5.41) is -0.331. The number of hydrogen-bond donors (Lipinski definition) is 0. The molecular formula is C9H11NO3S. The van der Waals surface area contributed by atoms with Crippen LogP contribution < -0.4 is 4.18 Å². The zero-order chi connectivity index (χ0) is 10.2. The van der Waals surface area contributed by atoms with E-state index in [0.29, 0.717) is 6.42 Å². The van der Waals surface area contributed by atoms with Gasteiger partial charge in [-0.25, -0.2) is 0 Å². The topological polar surface area (TPSA) is 56.3 Å². The van der Waals surface area contributed by atoms with Crippen LogP contribution in [0, 0.1) is 5.92 Å². The van der Waals surface area contributed by atoms with E-state index in [1.807, 2.05) is 6.92 Å². The molecule has 0 aliphatic heterocycles. The summed E-state index contributed by atoms with van der Waals surface area (Å²) in [6.45, 7) is 1.90. The molecule has 0 amide bonds. The van der Waals surface area contributed by atoms with Gasteiger partial charge in [0.1, 0.15) is 5.25 Å². The predicted octanol–water partition coefficient (Wildman–Crippen LogP) is 1.20. The summed E-state index contributed by atoms with van der Waals surface area (Å²) in [5.41, 5.74) is 0. The first-order valence-electron chi connectivity index (χ1n) is 4.43. The van der Waals surface area contributed by atoms with Crippen molar-refractivity contribution in [1.82, 2.24) is 4.98 Å². The maximum atomic E-state index is 11.5. The molecule has 0 aromatic carbocycles. The van der Waals surface area contributed by atoms with Gasteiger partial charge in [-0.2, -0.15) is 8.42 Å². The van der Waals surface area contributed by atoms with Crippen LogP contribution in [0.15, 0.2) is 24.5 Å². The first-order chi connectivity index (χ1) is 6.59. The van der Waals surface area contributed by atoms with E-state index in [9.17, 15) is 8.42 Å². The van der Waals surface area contributed by atoms with E-state index >= 15 is 0 Å². The van der Waals surface area contributed by atoms with Crippen molar-refractivity contribution < 1.29 is 12.6 Å². The smallest absolute Gasteiger partial charge is 0.312 e. The number of nitrogens with zero attached hydrogens (tertiary/aromatic N) is 1. The number of pyridine rings is 1. The van der Waals surface area contributed by atoms with E-state index in [0.717, 1.165) is 0 Å². The van der Waals surface area contributed by atoms with Gasteiger partial charge >= 0.3 is 10.1 Å². The van der Waals surface area contributed by atoms with Crippen LogP contribution in [0.2, 0.25) is 0 Å². The molecule has 2 unspecified atom stereocenters. The van der Waals surface area contributed by atoms with E-state index in [1.54, 1.807) is 18.3 Å². The fourth-order valence-corrected chi connectivity index (χ4v) is 2.88. The molecule has 1 heterocycles. The Kier molecular flexibility index (Phi) is 2.19. The molecule has 0 saturated heterocycles. The largest absolute Gasteiger partial charge is 0.381 e. The Balaban J connectivity index is 2.12. The summed E-state index contributed by atoms with van der Waals surface area (Å²) in [4.78, 5) is 3.78. The SMILES string of the molecule is CC1CC1S(=O)(=O)Oc1cccnc1. The second-order valence-electron chi connectivity index (χ2n) is 3.52. The van der Waals surface area contributed by atoms with E-state index in [1.165, 1.54) is 6.20 Å². The lowest BCUT2D eigenvalue weighted by Crippen LogP contribution is -2.15. The summed E-state index contributed by atoms with van der Waals surface area (Å²) in [6, 6.07) is 3.22. The average Bonchev–Trinajstić information content (AvgIpc) is 2.84. The van der Waals surface area contributed by atoms with Crippen molar-refractivity contribution in [2.75, 3.05) is 0 Å². The van der Waals surface area contributed by atoms with Crippen LogP contribution in [-0.2, 0) is 10.1 Å². The van der Waals surface area contributed by atoms with Crippen LogP contribution in [0.5, 0.6) is 5.75 Å². The minimum atomic E-state index is -3.43. The van der Waals surface area contributed by atoms with Crippen molar-refractivity contribution in [3.63, 3.8) is 0 Å². The average molecular weight is 213 g/mol. The molecule has 1 aliphatic carbocycles. The van der Waals surface area contributed by atoms with Crippen LogP contribution in [0.25, 0.3) is 0 Å². The highest BCUT2D eigenvalue weighted by Gasteiger charge is 2.45. The summed E-state index contributed by atoms with van der Waals surface area (Å²) in [7, 11) is -3.43. The molecule has 1 aliphatic rings. The van der Waals surface area contributed by atoms with Crippen molar-refractivity contribution in [2.24, 2.45) is 5.92 Å². The predicted molar refractivity (Wildman–Crippen MR) is 51.4 cm³/mol. The van der Waals surface area contributed by atoms with Gasteiger partial charge in [-0.05, 0) is 24.5 Å². The van der Waals surface area contributed by atoms with Crippen molar-refractivity contribution >= 4 is 10.1 Å². The van der Waals surface area contributed by atoms with Crippen LogP contribution in [0.3, 0.4) is 0 Å². The quantitative estimate of drug-likeness (QED) is 0.708. The molecule has 0 bridgehead atoms. The second-order valence-corrected chi connectivity index (χ2v) is 5.27. The fourth-order valence-electron chi connectivity index (χ4n) is 1.28. The van der Waals surface area contributed by atoms with Crippen molar-refractivity contribution in [1.29, 1.82) is 0 Å². The molecule has 1 fully saturated rings. The molecule has 0 N–H and O–H groups in total. The normalized spacial score (nSPS) is 25.8. The van der Waals surface area contributed by atoms with Crippen molar-refractivity contribution in [3.05, 3.63) is 24.5 Å². The van der Waals surface area contributed by atoms with Crippen LogP contribution in [0.1, 0.15) is 13.3 Å². The molecule has 1 aromatic heterocycles. The minimum absolute atomic E-state index is 0.219. The summed E-state index contributed by atoms with van der Waals surface area (Å²) in [5.74, 6) is 0.503. The molecular weight excluding hydrogens is 202 g/mol. The third-order valence-electron chi connectivity index (χ3n) is 2.25. The highest BCUT2D eigenvalue weighted by Crippen LogP contribution is 2.37. The molecule has 0 radical (unpaired) electrons. The monoisotopic (exact) mass is 213 g/mol. The summed E-state index contributed by atoms with van der Waals surface area (Å²) < 4.78 is 28.0. The Morgan fingerprint density at radius 3 is 2.79 bits per heavy atom. The Hall–Kier alpha value is -1.10. The molecule has 76 valence electrons. The third-order valence-corrected chi connectivity index (χ3v) is 4.08. The standard InChI is InChI=1S/C9H11NO3S/c1-7-5-9(7)14(11,12)13-8-3-2-4-10-6-8/h2-4,6-7,9H,5H2,1H3. The van der Waals surface area contributed by atoms with Gasteiger partial charge in [0.05, 0.1) is 6.20 Å². The Morgan fingerprint density at radius 1 is 1.57 bits per heavy atom. The maximum absolute atomic E-state index is 11.5. The molecule has 0 spiro atoms. The van der Waals surface area contributed by atoms with Gasteiger partial charge in [-0.15, -0.1) is 0 Å². The van der Waals surface area contributed by atoms with Crippen molar-refractivity contribution in [3.8, 4) is 5.75 Å². The lowest BCUT2D eigenvalue weighted by molar-refractivity contribution is 0.481. The van der Waals surface area contributed by atoms with Gasteiger partial charge in [0.25, 0.3) is 0 Å². The molecule has 5 heteroatoms. The van der Waals surface area contributed by atoms with Crippen LogP contribution in [0.4, 0.5) is 0 Å². The van der Waals surface area contributed by atoms with E-state index in [4.69, 9.17) is 4.18 Å². The third kappa shape index (κ3) is 1.87. The molecule has 4 nitrogen and oxygen atoms in total. The minimum Gasteiger partial charge on any atom is -0.381 e. The Bertz CT molecular complexity index is 415. The molecule has 1 aromatic rings. The van der Waals surface area contributed by atoms with Gasteiger partial charge in [0.15, 0.2) is 5.75 Å². The maximum Gasteiger partial charge on any atom is 0.312 e. The van der Waals surface area contributed by atoms with Gasteiger partial charge in [-0.3, -0.25) is 4.98 Å².